The number of benzene rings is 1. The molecular formula is C9H8BrN5O2. The molecule has 1 aromatic carbocycles. The summed E-state index contributed by atoms with van der Waals surface area (Å²) < 4.78 is 1.97. The fraction of sp³-hybridized carbons (Fsp3) is 0.111. The van der Waals surface area contributed by atoms with Gasteiger partial charge in [0.15, 0.2) is 0 Å². The van der Waals surface area contributed by atoms with Crippen LogP contribution >= 0.6 is 15.9 Å². The van der Waals surface area contributed by atoms with E-state index in [2.05, 4.69) is 36.8 Å². The zero-order chi connectivity index (χ0) is 12.4. The van der Waals surface area contributed by atoms with E-state index in [-0.39, 0.29) is 5.56 Å². The Bertz CT molecular complexity index is 568. The first-order chi connectivity index (χ1) is 8.08. The van der Waals surface area contributed by atoms with Crippen molar-refractivity contribution in [1.82, 2.24) is 20.2 Å². The van der Waals surface area contributed by atoms with Crippen LogP contribution in [-0.4, -0.2) is 31.3 Å². The van der Waals surface area contributed by atoms with Crippen LogP contribution in [0.4, 0.5) is 11.6 Å². The van der Waals surface area contributed by atoms with Crippen LogP contribution in [0.15, 0.2) is 22.7 Å². The van der Waals surface area contributed by atoms with Crippen LogP contribution in [0, 0.1) is 0 Å². The Morgan fingerprint density at radius 1 is 1.53 bits per heavy atom. The summed E-state index contributed by atoms with van der Waals surface area (Å²) in [5.41, 5.74) is 0.772. The van der Waals surface area contributed by atoms with Gasteiger partial charge < -0.3 is 10.4 Å². The van der Waals surface area contributed by atoms with Crippen molar-refractivity contribution in [2.45, 2.75) is 0 Å². The first kappa shape index (κ1) is 11.5. The molecule has 0 aliphatic heterocycles. The van der Waals surface area contributed by atoms with E-state index in [1.165, 1.54) is 10.7 Å². The molecule has 2 N–H and O–H groups in total. The normalized spacial score (nSPS) is 10.2. The molecule has 0 fully saturated rings. The highest BCUT2D eigenvalue weighted by Gasteiger charge is 2.10. The molecule has 1 aromatic heterocycles. The summed E-state index contributed by atoms with van der Waals surface area (Å²) in [6, 6.07) is 4.88. The molecule has 7 nitrogen and oxygen atoms in total. The van der Waals surface area contributed by atoms with Gasteiger partial charge >= 0.3 is 5.97 Å². The van der Waals surface area contributed by atoms with Crippen LogP contribution in [0.5, 0.6) is 0 Å². The molecule has 0 radical (unpaired) electrons. The maximum absolute atomic E-state index is 10.9. The monoisotopic (exact) mass is 297 g/mol. The second kappa shape index (κ2) is 4.50. The van der Waals surface area contributed by atoms with Crippen LogP contribution < -0.4 is 5.32 Å². The molecule has 0 amide bonds. The van der Waals surface area contributed by atoms with Crippen molar-refractivity contribution >= 4 is 33.5 Å². The minimum atomic E-state index is -1.00. The quantitative estimate of drug-likeness (QED) is 0.890. The Kier molecular flexibility index (Phi) is 3.05. The number of carbonyl (C=O) groups is 1. The second-order valence-corrected chi connectivity index (χ2v) is 4.11. The molecule has 0 saturated heterocycles. The molecule has 1 heterocycles. The van der Waals surface area contributed by atoms with E-state index in [9.17, 15) is 4.79 Å². The number of rotatable bonds is 3. The van der Waals surface area contributed by atoms with Gasteiger partial charge in [0, 0.05) is 17.2 Å². The number of aryl methyl sites for hydroxylation is 1. The molecular weight excluding hydrogens is 290 g/mol. The third-order valence-electron chi connectivity index (χ3n) is 2.07. The van der Waals surface area contributed by atoms with Gasteiger partial charge in [-0.25, -0.2) is 9.48 Å². The van der Waals surface area contributed by atoms with E-state index in [4.69, 9.17) is 5.11 Å². The highest BCUT2D eigenvalue weighted by atomic mass is 79.9. The highest BCUT2D eigenvalue weighted by molar-refractivity contribution is 9.10. The van der Waals surface area contributed by atoms with Gasteiger partial charge in [-0.05, 0) is 44.6 Å². The Balaban J connectivity index is 2.32. The summed E-state index contributed by atoms with van der Waals surface area (Å²) in [6.45, 7) is 0. The molecule has 0 unspecified atom stereocenters. The zero-order valence-corrected chi connectivity index (χ0v) is 10.3. The second-order valence-electron chi connectivity index (χ2n) is 3.25. The van der Waals surface area contributed by atoms with Gasteiger partial charge in [-0.3, -0.25) is 0 Å². The summed E-state index contributed by atoms with van der Waals surface area (Å²) >= 11 is 3.17. The van der Waals surface area contributed by atoms with Crippen LogP contribution in [0.25, 0.3) is 0 Å². The standard InChI is InChI=1S/C9H8BrN5O2/c1-15-9(12-13-14-15)11-5-2-3-7(10)6(4-5)8(16)17/h2-4H,1H3,(H,16,17)(H,11,12,14). The Labute approximate surface area is 105 Å². The topological polar surface area (TPSA) is 92.9 Å². The van der Waals surface area contributed by atoms with Gasteiger partial charge in [0.2, 0.25) is 5.95 Å². The number of halogens is 1. The summed E-state index contributed by atoms with van der Waals surface area (Å²) in [5.74, 6) is -0.569. The number of tetrazole rings is 1. The number of aromatic nitrogens is 4. The van der Waals surface area contributed by atoms with E-state index in [0.29, 0.717) is 16.1 Å². The average molecular weight is 298 g/mol. The predicted molar refractivity (Wildman–Crippen MR) is 63.2 cm³/mol. The van der Waals surface area contributed by atoms with E-state index >= 15 is 0 Å². The molecule has 0 spiro atoms. The lowest BCUT2D eigenvalue weighted by Crippen LogP contribution is -2.03. The molecule has 0 aliphatic rings. The molecule has 17 heavy (non-hydrogen) atoms. The minimum absolute atomic E-state index is 0.171. The molecule has 0 aliphatic carbocycles. The lowest BCUT2D eigenvalue weighted by atomic mass is 10.2. The largest absolute Gasteiger partial charge is 0.478 e. The number of aromatic carboxylic acids is 1. The number of anilines is 2. The third-order valence-corrected chi connectivity index (χ3v) is 2.76. The molecule has 8 heteroatoms. The van der Waals surface area contributed by atoms with Crippen molar-refractivity contribution < 1.29 is 9.90 Å². The molecule has 0 saturated carbocycles. The van der Waals surface area contributed by atoms with Crippen molar-refractivity contribution in [3.05, 3.63) is 28.2 Å². The van der Waals surface area contributed by atoms with Crippen molar-refractivity contribution in [3.63, 3.8) is 0 Å². The van der Waals surface area contributed by atoms with Gasteiger partial charge in [0.05, 0.1) is 5.56 Å². The number of carboxylic acids is 1. The maximum atomic E-state index is 10.9. The van der Waals surface area contributed by atoms with Crippen LogP contribution in [0.2, 0.25) is 0 Å². The summed E-state index contributed by atoms with van der Waals surface area (Å²) in [4.78, 5) is 10.9. The lowest BCUT2D eigenvalue weighted by molar-refractivity contribution is 0.0696. The average Bonchev–Trinajstić information content (AvgIpc) is 2.67. The third kappa shape index (κ3) is 2.41. The maximum Gasteiger partial charge on any atom is 0.336 e. The van der Waals surface area contributed by atoms with Gasteiger partial charge in [-0.15, -0.1) is 0 Å². The van der Waals surface area contributed by atoms with E-state index in [1.807, 2.05) is 0 Å². The molecule has 0 atom stereocenters. The summed E-state index contributed by atoms with van der Waals surface area (Å²) in [7, 11) is 1.68. The first-order valence-electron chi connectivity index (χ1n) is 4.60. The highest BCUT2D eigenvalue weighted by Crippen LogP contribution is 2.22. The number of nitrogens with one attached hydrogen (secondary N) is 1. The lowest BCUT2D eigenvalue weighted by Gasteiger charge is -2.06. The predicted octanol–water partition coefficient (Wildman–Crippen LogP) is 1.41. The number of carboxylic acid groups (broad SMARTS) is 1. The van der Waals surface area contributed by atoms with Crippen LogP contribution in [0.3, 0.4) is 0 Å². The fourth-order valence-corrected chi connectivity index (χ4v) is 1.65. The van der Waals surface area contributed by atoms with Crippen molar-refractivity contribution in [2.75, 3.05) is 5.32 Å². The van der Waals surface area contributed by atoms with E-state index in [0.717, 1.165) is 0 Å². The molecule has 2 rings (SSSR count). The van der Waals surface area contributed by atoms with Crippen molar-refractivity contribution in [3.8, 4) is 0 Å². The summed E-state index contributed by atoms with van der Waals surface area (Å²) in [6.07, 6.45) is 0. The Morgan fingerprint density at radius 3 is 2.88 bits per heavy atom. The minimum Gasteiger partial charge on any atom is -0.478 e. The smallest absolute Gasteiger partial charge is 0.336 e. The van der Waals surface area contributed by atoms with Crippen molar-refractivity contribution in [2.24, 2.45) is 7.05 Å². The summed E-state index contributed by atoms with van der Waals surface area (Å²) in [5, 5.41) is 22.7. The number of hydrogen-bond acceptors (Lipinski definition) is 5. The molecule has 2 aromatic rings. The van der Waals surface area contributed by atoms with E-state index in [1.54, 1.807) is 19.2 Å². The van der Waals surface area contributed by atoms with Crippen molar-refractivity contribution in [1.29, 1.82) is 0 Å². The first-order valence-corrected chi connectivity index (χ1v) is 5.39. The molecule has 0 bridgehead atoms. The fourth-order valence-electron chi connectivity index (χ4n) is 1.23. The van der Waals surface area contributed by atoms with Crippen LogP contribution in [0.1, 0.15) is 10.4 Å². The van der Waals surface area contributed by atoms with Gasteiger partial charge in [0.1, 0.15) is 0 Å². The Hall–Kier alpha value is -1.96. The number of hydrogen-bond donors (Lipinski definition) is 2. The zero-order valence-electron chi connectivity index (χ0n) is 8.75. The van der Waals surface area contributed by atoms with Crippen LogP contribution in [-0.2, 0) is 7.05 Å². The Morgan fingerprint density at radius 2 is 2.29 bits per heavy atom. The van der Waals surface area contributed by atoms with Gasteiger partial charge in [0.25, 0.3) is 0 Å². The number of nitrogens with zero attached hydrogens (tertiary/aromatic N) is 4. The molecule has 88 valence electrons. The van der Waals surface area contributed by atoms with Gasteiger partial charge in [-0.1, -0.05) is 5.10 Å². The van der Waals surface area contributed by atoms with E-state index < -0.39 is 5.97 Å². The van der Waals surface area contributed by atoms with Gasteiger partial charge in [-0.2, -0.15) is 0 Å². The SMILES string of the molecule is Cn1nnnc1Nc1ccc(Br)c(C(=O)O)c1.